The SMILES string of the molecule is CC1(C(=O)O)CCCN1C(=O)c1cc(I)ccc1Br. The summed E-state index contributed by atoms with van der Waals surface area (Å²) in [4.78, 5) is 25.4. The van der Waals surface area contributed by atoms with Crippen molar-refractivity contribution in [2.45, 2.75) is 25.3 Å². The van der Waals surface area contributed by atoms with E-state index in [1.165, 1.54) is 4.90 Å². The molecule has 0 radical (unpaired) electrons. The van der Waals surface area contributed by atoms with Crippen molar-refractivity contribution in [1.29, 1.82) is 0 Å². The van der Waals surface area contributed by atoms with Crippen molar-refractivity contribution in [3.05, 3.63) is 31.8 Å². The quantitative estimate of drug-likeness (QED) is 0.723. The van der Waals surface area contributed by atoms with Crippen LogP contribution in [-0.2, 0) is 4.79 Å². The number of likely N-dealkylation sites (tertiary alicyclic amines) is 1. The van der Waals surface area contributed by atoms with Crippen LogP contribution in [-0.4, -0.2) is 34.0 Å². The molecule has 1 N–H and O–H groups in total. The predicted molar refractivity (Wildman–Crippen MR) is 83.2 cm³/mol. The molecule has 4 nitrogen and oxygen atoms in total. The lowest BCUT2D eigenvalue weighted by Crippen LogP contribution is -2.50. The molecular weight excluding hydrogens is 425 g/mol. The Bertz CT molecular complexity index is 549. The lowest BCUT2D eigenvalue weighted by atomic mass is 9.98. The van der Waals surface area contributed by atoms with E-state index in [1.54, 1.807) is 13.0 Å². The molecule has 0 spiro atoms. The van der Waals surface area contributed by atoms with Crippen LogP contribution in [0.3, 0.4) is 0 Å². The Morgan fingerprint density at radius 1 is 1.47 bits per heavy atom. The topological polar surface area (TPSA) is 57.6 Å². The summed E-state index contributed by atoms with van der Waals surface area (Å²) < 4.78 is 1.64. The molecule has 1 aromatic rings. The minimum atomic E-state index is -1.10. The highest BCUT2D eigenvalue weighted by Gasteiger charge is 2.46. The van der Waals surface area contributed by atoms with E-state index in [1.807, 2.05) is 12.1 Å². The second-order valence-corrected chi connectivity index (χ2v) is 6.86. The van der Waals surface area contributed by atoms with Crippen molar-refractivity contribution in [3.63, 3.8) is 0 Å². The van der Waals surface area contributed by atoms with Crippen LogP contribution in [0.15, 0.2) is 22.7 Å². The Morgan fingerprint density at radius 3 is 2.79 bits per heavy atom. The van der Waals surface area contributed by atoms with Crippen molar-refractivity contribution in [3.8, 4) is 0 Å². The number of hydrogen-bond acceptors (Lipinski definition) is 2. The summed E-state index contributed by atoms with van der Waals surface area (Å²) in [6.45, 7) is 2.10. The fourth-order valence-electron chi connectivity index (χ4n) is 2.32. The maximum Gasteiger partial charge on any atom is 0.329 e. The molecule has 0 aliphatic carbocycles. The zero-order valence-electron chi connectivity index (χ0n) is 10.3. The molecule has 19 heavy (non-hydrogen) atoms. The monoisotopic (exact) mass is 437 g/mol. The number of carboxylic acids is 1. The van der Waals surface area contributed by atoms with Crippen LogP contribution in [0.4, 0.5) is 0 Å². The van der Waals surface area contributed by atoms with Gasteiger partial charge in [-0.1, -0.05) is 0 Å². The van der Waals surface area contributed by atoms with Crippen molar-refractivity contribution >= 4 is 50.4 Å². The summed E-state index contributed by atoms with van der Waals surface area (Å²) in [5.74, 6) is -1.17. The van der Waals surface area contributed by atoms with Gasteiger partial charge in [0, 0.05) is 14.6 Å². The van der Waals surface area contributed by atoms with Gasteiger partial charge < -0.3 is 10.0 Å². The Hall–Kier alpha value is -0.630. The van der Waals surface area contributed by atoms with Crippen molar-refractivity contribution < 1.29 is 14.7 Å². The van der Waals surface area contributed by atoms with E-state index >= 15 is 0 Å². The summed E-state index contributed by atoms with van der Waals surface area (Å²) in [6.07, 6.45) is 1.21. The predicted octanol–water partition coefficient (Wildman–Crippen LogP) is 3.13. The number of halogens is 2. The Labute approximate surface area is 133 Å². The molecule has 1 fully saturated rings. The molecule has 0 bridgehead atoms. The van der Waals surface area contributed by atoms with E-state index in [9.17, 15) is 14.7 Å². The number of carbonyl (C=O) groups is 2. The summed E-state index contributed by atoms with van der Waals surface area (Å²) >= 11 is 5.49. The number of nitrogens with zero attached hydrogens (tertiary/aromatic N) is 1. The summed E-state index contributed by atoms with van der Waals surface area (Å²) in [5, 5.41) is 9.36. The van der Waals surface area contributed by atoms with Crippen LogP contribution in [0.1, 0.15) is 30.1 Å². The third kappa shape index (κ3) is 2.65. The lowest BCUT2D eigenvalue weighted by Gasteiger charge is -2.31. The fraction of sp³-hybridized carbons (Fsp3) is 0.385. The third-order valence-corrected chi connectivity index (χ3v) is 4.87. The van der Waals surface area contributed by atoms with Gasteiger partial charge in [-0.3, -0.25) is 4.79 Å². The minimum Gasteiger partial charge on any atom is -0.480 e. The molecule has 1 saturated heterocycles. The molecule has 1 atom stereocenters. The molecule has 0 saturated carbocycles. The van der Waals surface area contributed by atoms with Crippen molar-refractivity contribution in [2.24, 2.45) is 0 Å². The van der Waals surface area contributed by atoms with Crippen molar-refractivity contribution in [2.75, 3.05) is 6.54 Å². The van der Waals surface area contributed by atoms with Gasteiger partial charge in [-0.2, -0.15) is 0 Å². The number of aliphatic carboxylic acids is 1. The molecule has 1 aliphatic heterocycles. The molecule has 1 aliphatic rings. The van der Waals surface area contributed by atoms with Crippen LogP contribution in [0, 0.1) is 3.57 Å². The highest BCUT2D eigenvalue weighted by Crippen LogP contribution is 2.32. The van der Waals surface area contributed by atoms with E-state index < -0.39 is 11.5 Å². The van der Waals surface area contributed by atoms with Gasteiger partial charge in [-0.05, 0) is 76.5 Å². The molecule has 102 valence electrons. The smallest absolute Gasteiger partial charge is 0.329 e. The number of rotatable bonds is 2. The average molecular weight is 438 g/mol. The second-order valence-electron chi connectivity index (χ2n) is 4.76. The van der Waals surface area contributed by atoms with Gasteiger partial charge in [0.25, 0.3) is 5.91 Å². The third-order valence-electron chi connectivity index (χ3n) is 3.51. The molecular formula is C13H13BrINO3. The van der Waals surface area contributed by atoms with E-state index in [2.05, 4.69) is 38.5 Å². The van der Waals surface area contributed by atoms with Crippen LogP contribution in [0.5, 0.6) is 0 Å². The van der Waals surface area contributed by atoms with Gasteiger partial charge in [0.15, 0.2) is 0 Å². The highest BCUT2D eigenvalue weighted by molar-refractivity contribution is 14.1. The first-order valence-corrected chi connectivity index (χ1v) is 7.74. The normalized spacial score (nSPS) is 22.6. The number of carboxylic acid groups (broad SMARTS) is 1. The molecule has 1 aromatic carbocycles. The molecule has 6 heteroatoms. The molecule has 1 amide bonds. The number of carbonyl (C=O) groups excluding carboxylic acids is 1. The Morgan fingerprint density at radius 2 is 2.16 bits per heavy atom. The summed E-state index contributed by atoms with van der Waals surface area (Å²) in [6, 6.07) is 5.47. The van der Waals surface area contributed by atoms with Crippen LogP contribution < -0.4 is 0 Å². The largest absolute Gasteiger partial charge is 0.480 e. The average Bonchev–Trinajstić information content (AvgIpc) is 2.75. The fourth-order valence-corrected chi connectivity index (χ4v) is 3.23. The van der Waals surface area contributed by atoms with Gasteiger partial charge in [0.1, 0.15) is 5.54 Å². The first-order chi connectivity index (χ1) is 8.86. The van der Waals surface area contributed by atoms with Crippen molar-refractivity contribution in [1.82, 2.24) is 4.90 Å². The Balaban J connectivity index is 2.39. The van der Waals surface area contributed by atoms with Gasteiger partial charge in [0.2, 0.25) is 0 Å². The zero-order valence-corrected chi connectivity index (χ0v) is 14.1. The molecule has 1 heterocycles. The number of amides is 1. The standard InChI is InChI=1S/C13H13BrINO3/c1-13(12(18)19)5-2-6-16(13)11(17)9-7-8(15)3-4-10(9)14/h3-4,7H,2,5-6H2,1H3,(H,18,19). The van der Waals surface area contributed by atoms with Gasteiger partial charge in [-0.25, -0.2) is 4.79 Å². The number of hydrogen-bond donors (Lipinski definition) is 1. The van der Waals surface area contributed by atoms with Crippen LogP contribution in [0.2, 0.25) is 0 Å². The maximum absolute atomic E-state index is 12.6. The molecule has 1 unspecified atom stereocenters. The van der Waals surface area contributed by atoms with Crippen LogP contribution in [0.25, 0.3) is 0 Å². The highest BCUT2D eigenvalue weighted by atomic mass is 127. The van der Waals surface area contributed by atoms with Crippen LogP contribution >= 0.6 is 38.5 Å². The van der Waals surface area contributed by atoms with E-state index in [0.29, 0.717) is 23.0 Å². The number of benzene rings is 1. The Kier molecular flexibility index (Phi) is 4.20. The summed E-state index contributed by atoms with van der Waals surface area (Å²) in [7, 11) is 0. The molecule has 0 aromatic heterocycles. The molecule has 2 rings (SSSR count). The first-order valence-electron chi connectivity index (χ1n) is 5.86. The second kappa shape index (κ2) is 5.40. The van der Waals surface area contributed by atoms with Gasteiger partial charge in [0.05, 0.1) is 5.56 Å². The lowest BCUT2D eigenvalue weighted by molar-refractivity contribution is -0.147. The zero-order chi connectivity index (χ0) is 14.2. The van der Waals surface area contributed by atoms with Gasteiger partial charge >= 0.3 is 5.97 Å². The van der Waals surface area contributed by atoms with Gasteiger partial charge in [-0.15, -0.1) is 0 Å². The maximum atomic E-state index is 12.6. The van der Waals surface area contributed by atoms with E-state index in [-0.39, 0.29) is 5.91 Å². The van der Waals surface area contributed by atoms with E-state index in [0.717, 1.165) is 9.99 Å². The van der Waals surface area contributed by atoms with E-state index in [4.69, 9.17) is 0 Å². The minimum absolute atomic E-state index is 0.229. The first kappa shape index (κ1) is 14.8. The summed E-state index contributed by atoms with van der Waals surface area (Å²) in [5.41, 5.74) is -0.584.